The van der Waals surface area contributed by atoms with Gasteiger partial charge < -0.3 is 4.74 Å². The Kier molecular flexibility index (Phi) is 3.70. The maximum absolute atomic E-state index is 13.3. The van der Waals surface area contributed by atoms with E-state index in [0.29, 0.717) is 0 Å². The normalized spacial score (nSPS) is 21.0. The van der Waals surface area contributed by atoms with Crippen molar-refractivity contribution in [3.63, 3.8) is 0 Å². The third-order valence-electron chi connectivity index (χ3n) is 5.89. The summed E-state index contributed by atoms with van der Waals surface area (Å²) in [6.45, 7) is 4.13. The van der Waals surface area contributed by atoms with Gasteiger partial charge in [0, 0.05) is 30.0 Å². The monoisotopic (exact) mass is 384 g/mol. The second-order valence-corrected chi connectivity index (χ2v) is 7.97. The minimum atomic E-state index is -0.410. The van der Waals surface area contributed by atoms with Crippen LogP contribution in [0.2, 0.25) is 0 Å². The zero-order valence-corrected chi connectivity index (χ0v) is 15.9. The number of aryl methyl sites for hydroxylation is 1. The Morgan fingerprint density at radius 1 is 1.12 bits per heavy atom. The average molecular weight is 385 g/mol. The van der Waals surface area contributed by atoms with Crippen LogP contribution in [0.25, 0.3) is 0 Å². The van der Waals surface area contributed by atoms with Crippen LogP contribution < -0.4 is 0 Å². The molecule has 0 aliphatic heterocycles. The van der Waals surface area contributed by atoms with E-state index >= 15 is 0 Å². The van der Waals surface area contributed by atoms with Crippen LogP contribution in [-0.2, 0) is 24.0 Å². The van der Waals surface area contributed by atoms with Crippen molar-refractivity contribution in [1.82, 2.24) is 0 Å². The van der Waals surface area contributed by atoms with Crippen LogP contribution in [-0.4, -0.2) is 18.5 Å². The summed E-state index contributed by atoms with van der Waals surface area (Å²) in [5.74, 6) is 0.148. The van der Waals surface area contributed by atoms with E-state index in [2.05, 4.69) is 53.2 Å². The predicted octanol–water partition coefficient (Wildman–Crippen LogP) is 4.60. The second-order valence-electron chi connectivity index (χ2n) is 7.18. The van der Waals surface area contributed by atoms with Crippen molar-refractivity contribution in [3.05, 3.63) is 68.2 Å². The molecular weight excluding hydrogens is 364 g/mol. The molecular formula is C21H21BrO2. The highest BCUT2D eigenvalue weighted by molar-refractivity contribution is 9.10. The van der Waals surface area contributed by atoms with E-state index in [-0.39, 0.29) is 11.7 Å². The summed E-state index contributed by atoms with van der Waals surface area (Å²) in [6.07, 6.45) is 2.43. The summed E-state index contributed by atoms with van der Waals surface area (Å²) in [6, 6.07) is 10.6. The van der Waals surface area contributed by atoms with E-state index in [9.17, 15) is 4.79 Å². The van der Waals surface area contributed by atoms with E-state index in [1.807, 2.05) is 6.92 Å². The van der Waals surface area contributed by atoms with Gasteiger partial charge in [0.05, 0.1) is 11.5 Å². The molecule has 0 saturated carbocycles. The number of ether oxygens (including phenoxy) is 1. The van der Waals surface area contributed by atoms with Crippen LogP contribution >= 0.6 is 15.9 Å². The predicted molar refractivity (Wildman–Crippen MR) is 98.7 cm³/mol. The minimum Gasteiger partial charge on any atom is -0.377 e. The Morgan fingerprint density at radius 2 is 1.75 bits per heavy atom. The van der Waals surface area contributed by atoms with E-state index < -0.39 is 5.60 Å². The Morgan fingerprint density at radius 3 is 2.33 bits per heavy atom. The lowest BCUT2D eigenvalue weighted by atomic mass is 9.81. The van der Waals surface area contributed by atoms with E-state index in [0.717, 1.165) is 34.9 Å². The number of carbonyl (C=O) groups is 1. The molecule has 2 aromatic carbocycles. The number of fused-ring (bicyclic) bond motifs is 2. The second kappa shape index (κ2) is 5.53. The van der Waals surface area contributed by atoms with Gasteiger partial charge in [0.2, 0.25) is 0 Å². The molecule has 124 valence electrons. The molecule has 2 aliphatic rings. The third kappa shape index (κ3) is 2.14. The SMILES string of the molecule is COC1(C2Cc3cc(C)c(Br)c(C)c3C2=O)Cc2ccccc2C1. The first-order chi connectivity index (χ1) is 11.5. The van der Waals surface area contributed by atoms with Crippen molar-refractivity contribution in [3.8, 4) is 0 Å². The number of hydrogen-bond donors (Lipinski definition) is 0. The highest BCUT2D eigenvalue weighted by atomic mass is 79.9. The van der Waals surface area contributed by atoms with Crippen LogP contribution in [0.3, 0.4) is 0 Å². The van der Waals surface area contributed by atoms with Gasteiger partial charge in [-0.1, -0.05) is 46.3 Å². The van der Waals surface area contributed by atoms with Gasteiger partial charge in [0.1, 0.15) is 0 Å². The number of hydrogen-bond acceptors (Lipinski definition) is 2. The number of benzene rings is 2. The third-order valence-corrected chi connectivity index (χ3v) is 7.11. The van der Waals surface area contributed by atoms with Crippen molar-refractivity contribution >= 4 is 21.7 Å². The van der Waals surface area contributed by atoms with Crippen LogP contribution in [0, 0.1) is 19.8 Å². The first kappa shape index (κ1) is 16.0. The lowest BCUT2D eigenvalue weighted by Crippen LogP contribution is -2.44. The summed E-state index contributed by atoms with van der Waals surface area (Å²) in [5, 5.41) is 0. The van der Waals surface area contributed by atoms with Crippen molar-refractivity contribution in [2.75, 3.05) is 7.11 Å². The number of carbonyl (C=O) groups excluding carboxylic acids is 1. The van der Waals surface area contributed by atoms with Crippen molar-refractivity contribution in [1.29, 1.82) is 0 Å². The number of methoxy groups -OCH3 is 1. The van der Waals surface area contributed by atoms with Crippen molar-refractivity contribution in [2.24, 2.45) is 5.92 Å². The van der Waals surface area contributed by atoms with Gasteiger partial charge in [0.15, 0.2) is 5.78 Å². The molecule has 0 amide bonds. The Hall–Kier alpha value is -1.45. The standard InChI is InChI=1S/C21H21BrO2/c1-12-8-16-9-17(20(23)18(16)13(2)19(12)22)21(24-3)10-14-6-4-5-7-15(14)11-21/h4-8,17H,9-11H2,1-3H3. The summed E-state index contributed by atoms with van der Waals surface area (Å²) >= 11 is 3.63. The number of Topliss-reactive ketones (excluding diaryl/α,β-unsaturated/α-hetero) is 1. The minimum absolute atomic E-state index is 0.0997. The van der Waals surface area contributed by atoms with Crippen LogP contribution in [0.15, 0.2) is 34.8 Å². The van der Waals surface area contributed by atoms with Crippen LogP contribution in [0.4, 0.5) is 0 Å². The molecule has 2 aliphatic carbocycles. The first-order valence-corrected chi connectivity index (χ1v) is 9.21. The molecule has 0 radical (unpaired) electrons. The molecule has 24 heavy (non-hydrogen) atoms. The lowest BCUT2D eigenvalue weighted by molar-refractivity contribution is -0.0384. The lowest BCUT2D eigenvalue weighted by Gasteiger charge is -2.33. The maximum atomic E-state index is 13.3. The van der Waals surface area contributed by atoms with Crippen LogP contribution in [0.1, 0.15) is 38.2 Å². The zero-order chi connectivity index (χ0) is 17.1. The Balaban J connectivity index is 1.76. The van der Waals surface area contributed by atoms with Gasteiger partial charge in [-0.25, -0.2) is 0 Å². The summed E-state index contributed by atoms with van der Waals surface area (Å²) in [5.41, 5.74) is 6.57. The highest BCUT2D eigenvalue weighted by Gasteiger charge is 2.50. The molecule has 4 rings (SSSR count). The van der Waals surface area contributed by atoms with Gasteiger partial charge >= 0.3 is 0 Å². The fraction of sp³-hybridized carbons (Fsp3) is 0.381. The molecule has 0 fully saturated rings. The average Bonchev–Trinajstić information content (AvgIpc) is 3.11. The molecule has 0 aromatic heterocycles. The molecule has 0 N–H and O–H groups in total. The maximum Gasteiger partial charge on any atom is 0.169 e. The van der Waals surface area contributed by atoms with E-state index in [1.165, 1.54) is 22.3 Å². The molecule has 1 atom stereocenters. The van der Waals surface area contributed by atoms with Gasteiger partial charge in [-0.05, 0) is 48.1 Å². The van der Waals surface area contributed by atoms with E-state index in [1.54, 1.807) is 7.11 Å². The van der Waals surface area contributed by atoms with Gasteiger partial charge in [0.25, 0.3) is 0 Å². The summed E-state index contributed by atoms with van der Waals surface area (Å²) in [7, 11) is 1.76. The largest absolute Gasteiger partial charge is 0.377 e. The number of halogens is 1. The molecule has 3 heteroatoms. The van der Waals surface area contributed by atoms with Crippen molar-refractivity contribution in [2.45, 2.75) is 38.7 Å². The van der Waals surface area contributed by atoms with Gasteiger partial charge in [-0.3, -0.25) is 4.79 Å². The smallest absolute Gasteiger partial charge is 0.169 e. The molecule has 2 nitrogen and oxygen atoms in total. The Bertz CT molecular complexity index is 828. The van der Waals surface area contributed by atoms with Gasteiger partial charge in [-0.15, -0.1) is 0 Å². The molecule has 1 unspecified atom stereocenters. The first-order valence-electron chi connectivity index (χ1n) is 8.41. The summed E-state index contributed by atoms with van der Waals surface area (Å²) < 4.78 is 7.09. The fourth-order valence-corrected chi connectivity index (χ4v) is 4.91. The summed E-state index contributed by atoms with van der Waals surface area (Å²) in [4.78, 5) is 13.3. The van der Waals surface area contributed by atoms with Crippen LogP contribution in [0.5, 0.6) is 0 Å². The highest BCUT2D eigenvalue weighted by Crippen LogP contribution is 2.45. The molecule has 2 aromatic rings. The topological polar surface area (TPSA) is 26.3 Å². The molecule has 0 saturated heterocycles. The fourth-order valence-electron chi connectivity index (χ4n) is 4.60. The number of rotatable bonds is 2. The van der Waals surface area contributed by atoms with Crippen molar-refractivity contribution < 1.29 is 9.53 Å². The number of ketones is 1. The molecule has 0 bridgehead atoms. The molecule has 0 spiro atoms. The quantitative estimate of drug-likeness (QED) is 0.755. The zero-order valence-electron chi connectivity index (χ0n) is 14.3. The molecule has 0 heterocycles. The van der Waals surface area contributed by atoms with Gasteiger partial charge in [-0.2, -0.15) is 0 Å². The van der Waals surface area contributed by atoms with E-state index in [4.69, 9.17) is 4.74 Å². The Labute approximate surface area is 151 Å².